The molecule has 0 spiro atoms. The summed E-state index contributed by atoms with van der Waals surface area (Å²) >= 11 is 0. The third-order valence-electron chi connectivity index (χ3n) is 4.49. The van der Waals surface area contributed by atoms with E-state index in [1.807, 2.05) is 24.0 Å². The van der Waals surface area contributed by atoms with E-state index in [0.29, 0.717) is 6.42 Å². The van der Waals surface area contributed by atoms with Gasteiger partial charge in [-0.2, -0.15) is 0 Å². The highest BCUT2D eigenvalue weighted by Crippen LogP contribution is 2.26. The molecule has 2 unspecified atom stereocenters. The Kier molecular flexibility index (Phi) is 5.82. The van der Waals surface area contributed by atoms with Crippen molar-refractivity contribution in [1.29, 1.82) is 0 Å². The summed E-state index contributed by atoms with van der Waals surface area (Å²) < 4.78 is 0. The van der Waals surface area contributed by atoms with Gasteiger partial charge >= 0.3 is 0 Å². The molecule has 4 heteroatoms. The first-order valence-electron chi connectivity index (χ1n) is 8.60. The van der Waals surface area contributed by atoms with Crippen molar-refractivity contribution >= 4 is 11.6 Å². The number of aliphatic hydroxyl groups excluding tert-OH is 1. The molecule has 1 fully saturated rings. The fourth-order valence-electron chi connectivity index (χ4n) is 3.30. The van der Waals surface area contributed by atoms with E-state index >= 15 is 0 Å². The van der Waals surface area contributed by atoms with Crippen molar-refractivity contribution in [3.63, 3.8) is 0 Å². The molecule has 4 nitrogen and oxygen atoms in total. The Balaban J connectivity index is 1.99. The predicted octanol–water partition coefficient (Wildman–Crippen LogP) is 3.26. The zero-order valence-electron chi connectivity index (χ0n) is 14.8. The molecule has 1 aromatic carbocycles. The normalized spacial score (nSPS) is 18.3. The first-order chi connectivity index (χ1) is 10.8. The van der Waals surface area contributed by atoms with Gasteiger partial charge in [-0.05, 0) is 49.8 Å². The molecule has 1 heterocycles. The van der Waals surface area contributed by atoms with Gasteiger partial charge in [-0.3, -0.25) is 4.79 Å². The van der Waals surface area contributed by atoms with Crippen LogP contribution in [-0.2, 0) is 4.79 Å². The van der Waals surface area contributed by atoms with Gasteiger partial charge in [0.05, 0.1) is 6.10 Å². The SMILES string of the molecule is CC(O)CC(C)(C)CNC(C)c1cccc(N2CCCC2=O)c1. The van der Waals surface area contributed by atoms with Crippen LogP contribution in [0.2, 0.25) is 0 Å². The van der Waals surface area contributed by atoms with Crippen LogP contribution in [-0.4, -0.2) is 30.2 Å². The number of carbonyl (C=O) groups is 1. The Morgan fingerprint density at radius 2 is 2.09 bits per heavy atom. The highest BCUT2D eigenvalue weighted by molar-refractivity contribution is 5.95. The summed E-state index contributed by atoms with van der Waals surface area (Å²) in [6.07, 6.45) is 2.09. The fourth-order valence-corrected chi connectivity index (χ4v) is 3.30. The number of hydrogen-bond donors (Lipinski definition) is 2. The van der Waals surface area contributed by atoms with Crippen LogP contribution in [0.25, 0.3) is 0 Å². The summed E-state index contributed by atoms with van der Waals surface area (Å²) in [7, 11) is 0. The predicted molar refractivity (Wildman–Crippen MR) is 94.5 cm³/mol. The van der Waals surface area contributed by atoms with Crippen molar-refractivity contribution in [2.75, 3.05) is 18.0 Å². The molecule has 23 heavy (non-hydrogen) atoms. The highest BCUT2D eigenvalue weighted by Gasteiger charge is 2.23. The van der Waals surface area contributed by atoms with Gasteiger partial charge in [-0.15, -0.1) is 0 Å². The molecular formula is C19H30N2O2. The van der Waals surface area contributed by atoms with Gasteiger partial charge in [-0.25, -0.2) is 0 Å². The van der Waals surface area contributed by atoms with Gasteiger partial charge in [-0.1, -0.05) is 26.0 Å². The zero-order chi connectivity index (χ0) is 17.0. The van der Waals surface area contributed by atoms with E-state index in [1.165, 1.54) is 5.56 Å². The topological polar surface area (TPSA) is 52.6 Å². The fraction of sp³-hybridized carbons (Fsp3) is 0.632. The first-order valence-corrected chi connectivity index (χ1v) is 8.60. The molecule has 1 amide bonds. The van der Waals surface area contributed by atoms with Gasteiger partial charge < -0.3 is 15.3 Å². The third kappa shape index (κ3) is 5.05. The monoisotopic (exact) mass is 318 g/mol. The smallest absolute Gasteiger partial charge is 0.227 e. The van der Waals surface area contributed by atoms with E-state index in [0.717, 1.165) is 31.6 Å². The van der Waals surface area contributed by atoms with Crippen LogP contribution in [0.5, 0.6) is 0 Å². The minimum Gasteiger partial charge on any atom is -0.393 e. The number of aliphatic hydroxyl groups is 1. The molecule has 0 aromatic heterocycles. The molecular weight excluding hydrogens is 288 g/mol. The maximum atomic E-state index is 11.9. The van der Waals surface area contributed by atoms with Gasteiger partial charge in [0.2, 0.25) is 5.91 Å². The van der Waals surface area contributed by atoms with Crippen molar-refractivity contribution in [1.82, 2.24) is 5.32 Å². The molecule has 1 aliphatic rings. The molecule has 2 N–H and O–H groups in total. The summed E-state index contributed by atoms with van der Waals surface area (Å²) in [6, 6.07) is 8.46. The molecule has 1 saturated heterocycles. The van der Waals surface area contributed by atoms with Crippen molar-refractivity contribution in [2.24, 2.45) is 5.41 Å². The van der Waals surface area contributed by atoms with Gasteiger partial charge in [0.1, 0.15) is 0 Å². The second kappa shape index (κ2) is 7.45. The van der Waals surface area contributed by atoms with Gasteiger partial charge in [0.25, 0.3) is 0 Å². The van der Waals surface area contributed by atoms with Crippen LogP contribution in [0.1, 0.15) is 58.6 Å². The Hall–Kier alpha value is -1.39. The highest BCUT2D eigenvalue weighted by atomic mass is 16.3. The van der Waals surface area contributed by atoms with Crippen LogP contribution in [0, 0.1) is 5.41 Å². The summed E-state index contributed by atoms with van der Waals surface area (Å²) in [5.41, 5.74) is 2.24. The van der Waals surface area contributed by atoms with Crippen molar-refractivity contribution in [3.05, 3.63) is 29.8 Å². The Morgan fingerprint density at radius 3 is 2.70 bits per heavy atom. The number of amides is 1. The molecule has 0 bridgehead atoms. The molecule has 0 aliphatic carbocycles. The van der Waals surface area contributed by atoms with E-state index < -0.39 is 0 Å². The summed E-state index contributed by atoms with van der Waals surface area (Å²) in [5.74, 6) is 0.223. The van der Waals surface area contributed by atoms with Crippen molar-refractivity contribution < 1.29 is 9.90 Å². The lowest BCUT2D eigenvalue weighted by atomic mass is 9.86. The average Bonchev–Trinajstić information content (AvgIpc) is 2.90. The lowest BCUT2D eigenvalue weighted by Crippen LogP contribution is -2.33. The number of carbonyl (C=O) groups excluding carboxylic acids is 1. The molecule has 1 aromatic rings. The van der Waals surface area contributed by atoms with Crippen LogP contribution in [0.4, 0.5) is 5.69 Å². The largest absolute Gasteiger partial charge is 0.393 e. The second-order valence-electron chi connectivity index (χ2n) is 7.56. The Morgan fingerprint density at radius 1 is 1.35 bits per heavy atom. The first kappa shape index (κ1) is 18.0. The quantitative estimate of drug-likeness (QED) is 0.811. The van der Waals surface area contributed by atoms with E-state index in [-0.39, 0.29) is 23.5 Å². The summed E-state index contributed by atoms with van der Waals surface area (Å²) in [6.45, 7) is 9.97. The molecule has 0 saturated carbocycles. The number of nitrogens with one attached hydrogen (secondary N) is 1. The number of rotatable bonds is 7. The van der Waals surface area contributed by atoms with Crippen LogP contribution < -0.4 is 10.2 Å². The number of anilines is 1. The molecule has 2 atom stereocenters. The lowest BCUT2D eigenvalue weighted by Gasteiger charge is -2.29. The Labute approximate surface area is 139 Å². The lowest BCUT2D eigenvalue weighted by molar-refractivity contribution is -0.117. The van der Waals surface area contributed by atoms with Crippen molar-refractivity contribution in [3.8, 4) is 0 Å². The van der Waals surface area contributed by atoms with Crippen LogP contribution >= 0.6 is 0 Å². The molecule has 1 aliphatic heterocycles. The van der Waals surface area contributed by atoms with Crippen molar-refractivity contribution in [2.45, 2.75) is 59.1 Å². The van der Waals surface area contributed by atoms with Crippen LogP contribution in [0.15, 0.2) is 24.3 Å². The minimum atomic E-state index is -0.286. The summed E-state index contributed by atoms with van der Waals surface area (Å²) in [4.78, 5) is 13.8. The molecule has 2 rings (SSSR count). The standard InChI is InChI=1S/C19H30N2O2/c1-14(22)12-19(3,4)13-20-15(2)16-7-5-8-17(11-16)21-10-6-9-18(21)23/h5,7-8,11,14-15,20,22H,6,9-10,12-13H2,1-4H3. The van der Waals surface area contributed by atoms with E-state index in [2.05, 4.69) is 38.2 Å². The van der Waals surface area contributed by atoms with E-state index in [4.69, 9.17) is 0 Å². The maximum absolute atomic E-state index is 11.9. The Bertz CT molecular complexity index is 540. The zero-order valence-corrected chi connectivity index (χ0v) is 14.8. The maximum Gasteiger partial charge on any atom is 0.227 e. The van der Waals surface area contributed by atoms with E-state index in [1.54, 1.807) is 0 Å². The summed E-state index contributed by atoms with van der Waals surface area (Å²) in [5, 5.41) is 13.1. The average molecular weight is 318 g/mol. The van der Waals surface area contributed by atoms with Crippen LogP contribution in [0.3, 0.4) is 0 Å². The minimum absolute atomic E-state index is 0.0466. The van der Waals surface area contributed by atoms with Gasteiger partial charge in [0.15, 0.2) is 0 Å². The molecule has 128 valence electrons. The third-order valence-corrected chi connectivity index (χ3v) is 4.49. The number of benzene rings is 1. The van der Waals surface area contributed by atoms with E-state index in [9.17, 15) is 9.90 Å². The molecule has 0 radical (unpaired) electrons. The van der Waals surface area contributed by atoms with Gasteiger partial charge in [0, 0.05) is 31.2 Å². The number of nitrogens with zero attached hydrogens (tertiary/aromatic N) is 1. The second-order valence-corrected chi connectivity index (χ2v) is 7.56. The number of hydrogen-bond acceptors (Lipinski definition) is 3.